The lowest BCUT2D eigenvalue weighted by Crippen LogP contribution is -2.48. The lowest BCUT2D eigenvalue weighted by Gasteiger charge is -2.37. The van der Waals surface area contributed by atoms with Gasteiger partial charge in [0.2, 0.25) is 11.9 Å². The highest BCUT2D eigenvalue weighted by molar-refractivity contribution is 6.34. The van der Waals surface area contributed by atoms with E-state index in [2.05, 4.69) is 35.6 Å². The van der Waals surface area contributed by atoms with Crippen LogP contribution < -0.4 is 10.2 Å². The summed E-state index contributed by atoms with van der Waals surface area (Å²) in [7, 11) is 0. The van der Waals surface area contributed by atoms with Crippen LogP contribution in [0.3, 0.4) is 0 Å². The fourth-order valence-corrected chi connectivity index (χ4v) is 5.81. The standard InChI is InChI=1S/C29H33ClF2N6O2/c1-4-23(40)36-11-13-37(14-12-36)28-19-15-20(30)24(25-21(31)8-5-9-22(25)39)26(32)27(19)34-29(35-28)33-18-7-6-10-38(16-18)17(2)3/h4-5,8-9,15,17-18,39H,1,6-7,10-14,16H2,2-3H3,(H,33,34,35). The van der Waals surface area contributed by atoms with E-state index in [4.69, 9.17) is 16.6 Å². The van der Waals surface area contributed by atoms with E-state index < -0.39 is 17.4 Å². The zero-order valence-electron chi connectivity index (χ0n) is 22.6. The number of nitrogens with zero attached hydrogens (tertiary/aromatic N) is 5. The summed E-state index contributed by atoms with van der Waals surface area (Å²) in [6.07, 6.45) is 3.22. The molecule has 0 aliphatic carbocycles. The topological polar surface area (TPSA) is 84.8 Å². The third-order valence-corrected chi connectivity index (χ3v) is 7.98. The van der Waals surface area contributed by atoms with Crippen molar-refractivity contribution in [3.63, 3.8) is 0 Å². The summed E-state index contributed by atoms with van der Waals surface area (Å²) < 4.78 is 31.1. The second kappa shape index (κ2) is 11.5. The highest BCUT2D eigenvalue weighted by Gasteiger charge is 2.28. The Bertz CT molecular complexity index is 1420. The van der Waals surface area contributed by atoms with Crippen LogP contribution in [0.2, 0.25) is 5.02 Å². The second-order valence-corrected chi connectivity index (χ2v) is 10.9. The normalized spacial score (nSPS) is 18.4. The van der Waals surface area contributed by atoms with Crippen molar-refractivity contribution >= 4 is 40.2 Å². The van der Waals surface area contributed by atoms with Gasteiger partial charge in [-0.05, 0) is 57.5 Å². The molecule has 40 heavy (non-hydrogen) atoms. The Morgan fingerprint density at radius 1 is 1.18 bits per heavy atom. The monoisotopic (exact) mass is 570 g/mol. The maximum absolute atomic E-state index is 16.3. The highest BCUT2D eigenvalue weighted by atomic mass is 35.5. The molecule has 0 bridgehead atoms. The number of rotatable bonds is 6. The molecule has 2 N–H and O–H groups in total. The van der Waals surface area contributed by atoms with E-state index in [0.717, 1.165) is 32.0 Å². The molecule has 212 valence electrons. The molecule has 0 spiro atoms. The van der Waals surface area contributed by atoms with Crippen molar-refractivity contribution in [2.24, 2.45) is 0 Å². The van der Waals surface area contributed by atoms with Crippen LogP contribution in [0.5, 0.6) is 5.75 Å². The number of benzene rings is 2. The molecule has 1 atom stereocenters. The SMILES string of the molecule is C=CC(=O)N1CCN(c2nc(NC3CCCN(C(C)C)C3)nc3c(F)c(-c4c(O)cccc4F)c(Cl)cc23)CC1. The molecule has 3 aromatic rings. The van der Waals surface area contributed by atoms with Gasteiger partial charge < -0.3 is 20.2 Å². The van der Waals surface area contributed by atoms with E-state index in [1.165, 1.54) is 24.3 Å². The second-order valence-electron chi connectivity index (χ2n) is 10.5. The molecule has 8 nitrogen and oxygen atoms in total. The molecule has 11 heteroatoms. The van der Waals surface area contributed by atoms with Crippen molar-refractivity contribution in [2.75, 3.05) is 49.5 Å². The molecule has 1 unspecified atom stereocenters. The number of hydrogen-bond acceptors (Lipinski definition) is 7. The third kappa shape index (κ3) is 5.42. The molecule has 2 aromatic carbocycles. The fraction of sp³-hybridized carbons (Fsp3) is 0.414. The van der Waals surface area contributed by atoms with Gasteiger partial charge >= 0.3 is 0 Å². The number of halogens is 3. The van der Waals surface area contributed by atoms with Crippen LogP contribution in [0.1, 0.15) is 26.7 Å². The molecule has 2 saturated heterocycles. The number of phenols is 1. The molecule has 2 aliphatic rings. The number of piperidine rings is 1. The minimum Gasteiger partial charge on any atom is -0.507 e. The zero-order valence-corrected chi connectivity index (χ0v) is 23.4. The maximum Gasteiger partial charge on any atom is 0.246 e. The number of amides is 1. The first kappa shape index (κ1) is 28.0. The molecule has 2 fully saturated rings. The Hall–Kier alpha value is -3.50. The van der Waals surface area contributed by atoms with Gasteiger partial charge in [0.25, 0.3) is 0 Å². The first-order chi connectivity index (χ1) is 19.2. The van der Waals surface area contributed by atoms with Gasteiger partial charge in [-0.1, -0.05) is 24.2 Å². The number of aromatic hydroxyl groups is 1. The van der Waals surface area contributed by atoms with Crippen LogP contribution in [-0.2, 0) is 4.79 Å². The predicted molar refractivity (Wildman–Crippen MR) is 154 cm³/mol. The van der Waals surface area contributed by atoms with Crippen molar-refractivity contribution < 1.29 is 18.7 Å². The number of anilines is 2. The van der Waals surface area contributed by atoms with Crippen molar-refractivity contribution in [1.29, 1.82) is 0 Å². The van der Waals surface area contributed by atoms with Crippen LogP contribution in [0.25, 0.3) is 22.0 Å². The quantitative estimate of drug-likeness (QED) is 0.401. The van der Waals surface area contributed by atoms with Gasteiger partial charge in [-0.25, -0.2) is 13.8 Å². The lowest BCUT2D eigenvalue weighted by atomic mass is 10.0. The van der Waals surface area contributed by atoms with Gasteiger partial charge in [0.1, 0.15) is 22.9 Å². The first-order valence-electron chi connectivity index (χ1n) is 13.5. The summed E-state index contributed by atoms with van der Waals surface area (Å²) in [4.78, 5) is 27.5. The number of piperazine rings is 1. The third-order valence-electron chi connectivity index (χ3n) is 7.69. The Labute approximate surface area is 237 Å². The largest absolute Gasteiger partial charge is 0.507 e. The summed E-state index contributed by atoms with van der Waals surface area (Å²) in [5.41, 5.74) is -0.612. The molecule has 0 saturated carbocycles. The van der Waals surface area contributed by atoms with E-state index in [0.29, 0.717) is 43.4 Å². The van der Waals surface area contributed by atoms with Crippen LogP contribution in [0.15, 0.2) is 36.9 Å². The summed E-state index contributed by atoms with van der Waals surface area (Å²) >= 11 is 6.55. The first-order valence-corrected chi connectivity index (χ1v) is 13.9. The maximum atomic E-state index is 16.3. The average molecular weight is 571 g/mol. The van der Waals surface area contributed by atoms with Gasteiger partial charge in [0, 0.05) is 55.8 Å². The Morgan fingerprint density at radius 3 is 2.60 bits per heavy atom. The number of phenolic OH excluding ortho intramolecular Hbond substituents is 1. The molecule has 2 aliphatic heterocycles. The van der Waals surface area contributed by atoms with Crippen LogP contribution in [0.4, 0.5) is 20.5 Å². The molecular weight excluding hydrogens is 538 g/mol. The molecule has 1 amide bonds. The Balaban J connectivity index is 1.60. The number of likely N-dealkylation sites (tertiary alicyclic amines) is 1. The number of fused-ring (bicyclic) bond motifs is 1. The van der Waals surface area contributed by atoms with Crippen molar-refractivity contribution in [2.45, 2.75) is 38.8 Å². The van der Waals surface area contributed by atoms with E-state index in [9.17, 15) is 14.3 Å². The zero-order chi connectivity index (χ0) is 28.6. The minimum atomic E-state index is -0.845. The molecule has 1 aromatic heterocycles. The summed E-state index contributed by atoms with van der Waals surface area (Å²) in [6.45, 7) is 11.5. The van der Waals surface area contributed by atoms with E-state index in [1.807, 2.05) is 4.90 Å². The van der Waals surface area contributed by atoms with Gasteiger partial charge in [-0.15, -0.1) is 0 Å². The number of carbonyl (C=O) groups excluding carboxylic acids is 1. The van der Waals surface area contributed by atoms with E-state index >= 15 is 4.39 Å². The van der Waals surface area contributed by atoms with Gasteiger partial charge in [0.05, 0.1) is 10.6 Å². The molecule has 3 heterocycles. The predicted octanol–water partition coefficient (Wildman–Crippen LogP) is 5.05. The van der Waals surface area contributed by atoms with Crippen molar-refractivity contribution in [1.82, 2.24) is 19.8 Å². The minimum absolute atomic E-state index is 0.0318. The van der Waals surface area contributed by atoms with Gasteiger partial charge in [0.15, 0.2) is 5.82 Å². The highest BCUT2D eigenvalue weighted by Crippen LogP contribution is 2.42. The number of hydrogen-bond donors (Lipinski definition) is 2. The van der Waals surface area contributed by atoms with Crippen molar-refractivity contribution in [3.05, 3.63) is 53.6 Å². The average Bonchev–Trinajstić information content (AvgIpc) is 2.94. The van der Waals surface area contributed by atoms with Crippen LogP contribution in [0, 0.1) is 11.6 Å². The number of carbonyl (C=O) groups is 1. The summed E-state index contributed by atoms with van der Waals surface area (Å²) in [5.74, 6) is -1.49. The smallest absolute Gasteiger partial charge is 0.246 e. The summed E-state index contributed by atoms with van der Waals surface area (Å²) in [5, 5.41) is 14.1. The van der Waals surface area contributed by atoms with E-state index in [1.54, 1.807) is 4.90 Å². The molecular formula is C29H33ClF2N6O2. The Morgan fingerprint density at radius 2 is 1.93 bits per heavy atom. The number of nitrogens with one attached hydrogen (secondary N) is 1. The lowest BCUT2D eigenvalue weighted by molar-refractivity contribution is -0.126. The van der Waals surface area contributed by atoms with Gasteiger partial charge in [-0.2, -0.15) is 4.98 Å². The molecule has 0 radical (unpaired) electrons. The fourth-order valence-electron chi connectivity index (χ4n) is 5.52. The van der Waals surface area contributed by atoms with Crippen LogP contribution in [-0.4, -0.2) is 82.1 Å². The van der Waals surface area contributed by atoms with Crippen LogP contribution >= 0.6 is 11.6 Å². The van der Waals surface area contributed by atoms with E-state index in [-0.39, 0.29) is 39.6 Å². The van der Waals surface area contributed by atoms with Crippen molar-refractivity contribution in [3.8, 4) is 16.9 Å². The Kier molecular flexibility index (Phi) is 8.09. The van der Waals surface area contributed by atoms with Gasteiger partial charge in [-0.3, -0.25) is 9.69 Å². The number of aromatic nitrogens is 2. The molecule has 5 rings (SSSR count). The summed E-state index contributed by atoms with van der Waals surface area (Å²) in [6, 6.07) is 5.73.